The van der Waals surface area contributed by atoms with Crippen LogP contribution in [0.25, 0.3) is 0 Å². The Bertz CT molecular complexity index is 540. The fourth-order valence-corrected chi connectivity index (χ4v) is 2.77. The summed E-state index contributed by atoms with van der Waals surface area (Å²) in [7, 11) is 0. The van der Waals surface area contributed by atoms with Gasteiger partial charge in [-0.15, -0.1) is 0 Å². The number of anilines is 2. The van der Waals surface area contributed by atoms with E-state index in [1.54, 1.807) is 4.90 Å². The highest BCUT2D eigenvalue weighted by Gasteiger charge is 2.23. The third-order valence-corrected chi connectivity index (χ3v) is 3.91. The number of piperidine rings is 1. The van der Waals surface area contributed by atoms with Crippen molar-refractivity contribution in [2.24, 2.45) is 0 Å². The zero-order chi connectivity index (χ0) is 14.7. The van der Waals surface area contributed by atoms with Gasteiger partial charge in [0.05, 0.1) is 6.04 Å². The maximum Gasteiger partial charge on any atom is 0.321 e. The van der Waals surface area contributed by atoms with Crippen molar-refractivity contribution in [1.29, 1.82) is 0 Å². The Hall–Kier alpha value is -2.08. The zero-order valence-corrected chi connectivity index (χ0v) is 11.9. The standard InChI is InChI=1S/C15H20N4O2/c20-14(13-6-1-2-7-16-13)18-11-4-3-5-12(10-11)19-9-8-17-15(19)21/h3-5,10,13,16H,1-2,6-9H2,(H,17,21)(H,18,20)/t13-/m0/s1. The lowest BCUT2D eigenvalue weighted by atomic mass is 10.0. The molecule has 0 radical (unpaired) electrons. The van der Waals surface area contributed by atoms with Gasteiger partial charge in [0.1, 0.15) is 0 Å². The van der Waals surface area contributed by atoms with E-state index in [1.165, 1.54) is 0 Å². The molecule has 1 aromatic rings. The molecule has 2 aliphatic rings. The molecule has 2 fully saturated rings. The van der Waals surface area contributed by atoms with Gasteiger partial charge in [0.25, 0.3) is 0 Å². The van der Waals surface area contributed by atoms with Crippen LogP contribution in [0.2, 0.25) is 0 Å². The molecule has 0 saturated carbocycles. The van der Waals surface area contributed by atoms with Gasteiger partial charge in [0.15, 0.2) is 0 Å². The maximum absolute atomic E-state index is 12.2. The molecule has 6 nitrogen and oxygen atoms in total. The lowest BCUT2D eigenvalue weighted by molar-refractivity contribution is -0.118. The molecule has 0 aromatic heterocycles. The van der Waals surface area contributed by atoms with Gasteiger partial charge in [0, 0.05) is 24.5 Å². The maximum atomic E-state index is 12.2. The van der Waals surface area contributed by atoms with Gasteiger partial charge in [0.2, 0.25) is 5.91 Å². The van der Waals surface area contributed by atoms with Crippen LogP contribution in [0.15, 0.2) is 24.3 Å². The Morgan fingerprint density at radius 2 is 2.19 bits per heavy atom. The average molecular weight is 288 g/mol. The Labute approximate surface area is 123 Å². The molecule has 1 atom stereocenters. The van der Waals surface area contributed by atoms with Crippen molar-refractivity contribution >= 4 is 23.3 Å². The number of nitrogens with one attached hydrogen (secondary N) is 3. The van der Waals surface area contributed by atoms with Gasteiger partial charge in [-0.25, -0.2) is 4.79 Å². The summed E-state index contributed by atoms with van der Waals surface area (Å²) in [6.07, 6.45) is 3.09. The summed E-state index contributed by atoms with van der Waals surface area (Å²) in [4.78, 5) is 25.5. The van der Waals surface area contributed by atoms with E-state index in [-0.39, 0.29) is 18.0 Å². The van der Waals surface area contributed by atoms with Gasteiger partial charge < -0.3 is 16.0 Å². The zero-order valence-electron chi connectivity index (χ0n) is 11.9. The van der Waals surface area contributed by atoms with Crippen LogP contribution in [0.4, 0.5) is 16.2 Å². The first-order valence-corrected chi connectivity index (χ1v) is 7.44. The Morgan fingerprint density at radius 3 is 2.90 bits per heavy atom. The minimum Gasteiger partial charge on any atom is -0.336 e. The van der Waals surface area contributed by atoms with Crippen LogP contribution >= 0.6 is 0 Å². The van der Waals surface area contributed by atoms with Crippen molar-refractivity contribution in [3.8, 4) is 0 Å². The number of hydrogen-bond acceptors (Lipinski definition) is 3. The second-order valence-corrected chi connectivity index (χ2v) is 5.43. The quantitative estimate of drug-likeness (QED) is 0.785. The molecule has 112 valence electrons. The number of carbonyl (C=O) groups is 2. The van der Waals surface area contributed by atoms with E-state index in [4.69, 9.17) is 0 Å². The van der Waals surface area contributed by atoms with Crippen LogP contribution < -0.4 is 20.9 Å². The molecule has 2 heterocycles. The van der Waals surface area contributed by atoms with Crippen LogP contribution in [0, 0.1) is 0 Å². The van der Waals surface area contributed by atoms with E-state index < -0.39 is 0 Å². The average Bonchev–Trinajstić information content (AvgIpc) is 2.94. The molecule has 21 heavy (non-hydrogen) atoms. The smallest absolute Gasteiger partial charge is 0.321 e. The Balaban J connectivity index is 1.68. The highest BCUT2D eigenvalue weighted by molar-refractivity contribution is 5.97. The van der Waals surface area contributed by atoms with Crippen LogP contribution in [0.5, 0.6) is 0 Å². The first-order chi connectivity index (χ1) is 10.2. The van der Waals surface area contributed by atoms with Crippen molar-refractivity contribution in [3.63, 3.8) is 0 Å². The summed E-state index contributed by atoms with van der Waals surface area (Å²) < 4.78 is 0. The number of hydrogen-bond donors (Lipinski definition) is 3. The number of carbonyl (C=O) groups excluding carboxylic acids is 2. The predicted molar refractivity (Wildman–Crippen MR) is 81.5 cm³/mol. The van der Waals surface area contributed by atoms with Gasteiger partial charge in [-0.1, -0.05) is 12.5 Å². The highest BCUT2D eigenvalue weighted by atomic mass is 16.2. The summed E-state index contributed by atoms with van der Waals surface area (Å²) in [6.45, 7) is 2.20. The molecule has 0 aliphatic carbocycles. The summed E-state index contributed by atoms with van der Waals surface area (Å²) in [6, 6.07) is 7.21. The van der Waals surface area contributed by atoms with Crippen molar-refractivity contribution < 1.29 is 9.59 Å². The van der Waals surface area contributed by atoms with Crippen LogP contribution in [0.1, 0.15) is 19.3 Å². The van der Waals surface area contributed by atoms with Gasteiger partial charge >= 0.3 is 6.03 Å². The van der Waals surface area contributed by atoms with Gasteiger partial charge in [-0.2, -0.15) is 0 Å². The number of benzene rings is 1. The third-order valence-electron chi connectivity index (χ3n) is 3.91. The lowest BCUT2D eigenvalue weighted by Crippen LogP contribution is -2.43. The molecule has 3 N–H and O–H groups in total. The van der Waals surface area contributed by atoms with E-state index in [0.29, 0.717) is 13.1 Å². The van der Waals surface area contributed by atoms with E-state index >= 15 is 0 Å². The first-order valence-electron chi connectivity index (χ1n) is 7.44. The van der Waals surface area contributed by atoms with Gasteiger partial charge in [-0.3, -0.25) is 9.69 Å². The summed E-state index contributed by atoms with van der Waals surface area (Å²) in [5, 5.41) is 8.93. The van der Waals surface area contributed by atoms with Crippen molar-refractivity contribution in [2.75, 3.05) is 29.9 Å². The fraction of sp³-hybridized carbons (Fsp3) is 0.467. The van der Waals surface area contributed by atoms with E-state index in [2.05, 4.69) is 16.0 Å². The molecule has 0 bridgehead atoms. The minimum absolute atomic E-state index is 0.00211. The van der Waals surface area contributed by atoms with Crippen LogP contribution in [0.3, 0.4) is 0 Å². The molecule has 1 aromatic carbocycles. The molecule has 6 heteroatoms. The van der Waals surface area contributed by atoms with Gasteiger partial charge in [-0.05, 0) is 37.6 Å². The number of nitrogens with zero attached hydrogens (tertiary/aromatic N) is 1. The van der Waals surface area contributed by atoms with E-state index in [0.717, 1.165) is 37.2 Å². The summed E-state index contributed by atoms with van der Waals surface area (Å²) >= 11 is 0. The number of urea groups is 1. The number of rotatable bonds is 3. The molecule has 2 saturated heterocycles. The lowest BCUT2D eigenvalue weighted by Gasteiger charge is -2.23. The largest absolute Gasteiger partial charge is 0.336 e. The Morgan fingerprint density at radius 1 is 1.29 bits per heavy atom. The summed E-state index contributed by atoms with van der Waals surface area (Å²) in [5.74, 6) is -0.00211. The van der Waals surface area contributed by atoms with Crippen LogP contribution in [-0.4, -0.2) is 37.6 Å². The normalized spacial score (nSPS) is 22.0. The predicted octanol–water partition coefficient (Wildman–Crippen LogP) is 1.30. The van der Waals surface area contributed by atoms with Crippen molar-refractivity contribution in [3.05, 3.63) is 24.3 Å². The topological polar surface area (TPSA) is 73.5 Å². The fourth-order valence-electron chi connectivity index (χ4n) is 2.77. The molecule has 0 unspecified atom stereocenters. The van der Waals surface area contributed by atoms with Crippen molar-refractivity contribution in [1.82, 2.24) is 10.6 Å². The Kier molecular flexibility index (Phi) is 4.06. The third kappa shape index (κ3) is 3.16. The molecule has 0 spiro atoms. The molecule has 3 amide bonds. The monoisotopic (exact) mass is 288 g/mol. The molecule has 3 rings (SSSR count). The van der Waals surface area contributed by atoms with E-state index in [1.807, 2.05) is 24.3 Å². The molecular formula is C15H20N4O2. The molecule has 2 aliphatic heterocycles. The first kappa shape index (κ1) is 13.9. The van der Waals surface area contributed by atoms with Crippen molar-refractivity contribution in [2.45, 2.75) is 25.3 Å². The second-order valence-electron chi connectivity index (χ2n) is 5.43. The van der Waals surface area contributed by atoms with Crippen LogP contribution in [-0.2, 0) is 4.79 Å². The van der Waals surface area contributed by atoms with E-state index in [9.17, 15) is 9.59 Å². The second kappa shape index (κ2) is 6.13. The molecular weight excluding hydrogens is 268 g/mol. The number of amides is 3. The highest BCUT2D eigenvalue weighted by Crippen LogP contribution is 2.21. The summed E-state index contributed by atoms with van der Waals surface area (Å²) in [5.41, 5.74) is 1.53. The SMILES string of the molecule is O=C(Nc1cccc(N2CCNC2=O)c1)[C@@H]1CCCCN1. The minimum atomic E-state index is -0.113.